The molecule has 21 heavy (non-hydrogen) atoms. The number of carbonyl (C=O) groups excluding carboxylic acids is 1. The maximum Gasteiger partial charge on any atom is 0.244 e. The van der Waals surface area contributed by atoms with Gasteiger partial charge >= 0.3 is 0 Å². The summed E-state index contributed by atoms with van der Waals surface area (Å²) in [4.78, 5) is 15.4. The molecule has 8 heteroatoms. The maximum atomic E-state index is 12.0. The molecule has 3 aromatic heterocycles. The van der Waals surface area contributed by atoms with Crippen LogP contribution in [0, 0.1) is 0 Å². The van der Waals surface area contributed by atoms with Gasteiger partial charge in [0, 0.05) is 4.88 Å². The van der Waals surface area contributed by atoms with E-state index in [1.54, 1.807) is 11.3 Å². The van der Waals surface area contributed by atoms with Gasteiger partial charge in [-0.05, 0) is 35.0 Å². The van der Waals surface area contributed by atoms with E-state index in [4.69, 9.17) is 0 Å². The van der Waals surface area contributed by atoms with Crippen LogP contribution in [0.3, 0.4) is 0 Å². The van der Waals surface area contributed by atoms with Gasteiger partial charge in [0.1, 0.15) is 6.54 Å². The highest BCUT2D eigenvalue weighted by atomic mass is 32.1. The van der Waals surface area contributed by atoms with E-state index in [0.717, 1.165) is 9.75 Å². The van der Waals surface area contributed by atoms with Crippen molar-refractivity contribution in [2.24, 2.45) is 0 Å². The summed E-state index contributed by atoms with van der Waals surface area (Å²) in [5.41, 5.74) is 0. The van der Waals surface area contributed by atoms with Crippen molar-refractivity contribution in [3.05, 3.63) is 39.9 Å². The number of tetrazole rings is 1. The number of hydrogen-bond donors (Lipinski definition) is 1. The van der Waals surface area contributed by atoms with Crippen LogP contribution in [-0.4, -0.2) is 26.1 Å². The van der Waals surface area contributed by atoms with E-state index in [1.165, 1.54) is 16.1 Å². The van der Waals surface area contributed by atoms with Crippen molar-refractivity contribution >= 4 is 28.6 Å². The highest BCUT2D eigenvalue weighted by molar-refractivity contribution is 7.13. The third-order valence-electron chi connectivity index (χ3n) is 2.83. The smallest absolute Gasteiger partial charge is 0.244 e. The molecule has 0 fully saturated rings. The van der Waals surface area contributed by atoms with Gasteiger partial charge in [-0.25, -0.2) is 0 Å². The van der Waals surface area contributed by atoms with Crippen LogP contribution in [-0.2, 0) is 11.3 Å². The molecule has 3 heterocycles. The lowest BCUT2D eigenvalue weighted by Gasteiger charge is -2.11. The summed E-state index contributed by atoms with van der Waals surface area (Å²) >= 11 is 3.16. The van der Waals surface area contributed by atoms with E-state index in [9.17, 15) is 4.79 Å². The van der Waals surface area contributed by atoms with Crippen LogP contribution >= 0.6 is 22.7 Å². The van der Waals surface area contributed by atoms with Crippen LogP contribution in [0.1, 0.15) is 17.8 Å². The predicted molar refractivity (Wildman–Crippen MR) is 82.0 cm³/mol. The average molecular weight is 319 g/mol. The maximum absolute atomic E-state index is 12.0. The standard InChI is InChI=1S/C13H13N5OS2/c1-9(10-4-2-6-20-10)14-12(19)8-18-16-13(15-17-18)11-5-3-7-21-11/h2-7,9H,8H2,1H3,(H,14,19). The van der Waals surface area contributed by atoms with Crippen molar-refractivity contribution < 1.29 is 4.79 Å². The van der Waals surface area contributed by atoms with Gasteiger partial charge in [0.15, 0.2) is 0 Å². The molecule has 0 radical (unpaired) electrons. The van der Waals surface area contributed by atoms with E-state index in [1.807, 2.05) is 41.9 Å². The monoisotopic (exact) mass is 319 g/mol. The average Bonchev–Trinajstić information content (AvgIpc) is 3.21. The Morgan fingerprint density at radius 1 is 1.33 bits per heavy atom. The Kier molecular flexibility index (Phi) is 4.07. The van der Waals surface area contributed by atoms with Crippen LogP contribution < -0.4 is 5.32 Å². The summed E-state index contributed by atoms with van der Waals surface area (Å²) in [6.07, 6.45) is 0. The van der Waals surface area contributed by atoms with Crippen molar-refractivity contribution in [2.45, 2.75) is 19.5 Å². The predicted octanol–water partition coefficient (Wildman–Crippen LogP) is 2.34. The molecule has 0 aromatic carbocycles. The molecule has 6 nitrogen and oxygen atoms in total. The minimum atomic E-state index is -0.133. The lowest BCUT2D eigenvalue weighted by atomic mass is 10.3. The number of hydrogen-bond acceptors (Lipinski definition) is 6. The van der Waals surface area contributed by atoms with Crippen LogP contribution in [0.25, 0.3) is 10.7 Å². The largest absolute Gasteiger partial charge is 0.347 e. The summed E-state index contributed by atoms with van der Waals surface area (Å²) in [5, 5.41) is 18.9. The minimum absolute atomic E-state index is 0.0159. The van der Waals surface area contributed by atoms with Gasteiger partial charge in [0.2, 0.25) is 11.7 Å². The molecular formula is C13H13N5OS2. The molecule has 0 aliphatic carbocycles. The van der Waals surface area contributed by atoms with Gasteiger partial charge in [-0.1, -0.05) is 12.1 Å². The Bertz CT molecular complexity index is 705. The van der Waals surface area contributed by atoms with Gasteiger partial charge in [-0.3, -0.25) is 4.79 Å². The first kappa shape index (κ1) is 13.9. The van der Waals surface area contributed by atoms with E-state index in [0.29, 0.717) is 5.82 Å². The Hall–Kier alpha value is -2.06. The highest BCUT2D eigenvalue weighted by Gasteiger charge is 2.13. The van der Waals surface area contributed by atoms with Crippen molar-refractivity contribution in [1.82, 2.24) is 25.5 Å². The Labute approximate surface area is 129 Å². The third kappa shape index (κ3) is 3.34. The van der Waals surface area contributed by atoms with Crippen molar-refractivity contribution in [3.63, 3.8) is 0 Å². The third-order valence-corrected chi connectivity index (χ3v) is 4.75. The summed E-state index contributed by atoms with van der Waals surface area (Å²) < 4.78 is 0. The SMILES string of the molecule is CC(NC(=O)Cn1nnc(-c2cccs2)n1)c1cccs1. The number of thiophene rings is 2. The summed E-state index contributed by atoms with van der Waals surface area (Å²) in [6.45, 7) is 2.02. The van der Waals surface area contributed by atoms with E-state index < -0.39 is 0 Å². The zero-order chi connectivity index (χ0) is 14.7. The zero-order valence-electron chi connectivity index (χ0n) is 11.3. The molecule has 0 saturated carbocycles. The molecule has 3 aromatic rings. The van der Waals surface area contributed by atoms with Crippen LogP contribution in [0.4, 0.5) is 0 Å². The number of rotatable bonds is 5. The van der Waals surface area contributed by atoms with Crippen LogP contribution in [0.15, 0.2) is 35.0 Å². The van der Waals surface area contributed by atoms with E-state index >= 15 is 0 Å². The van der Waals surface area contributed by atoms with Gasteiger partial charge in [-0.2, -0.15) is 4.80 Å². The molecule has 0 aliphatic rings. The van der Waals surface area contributed by atoms with Crippen molar-refractivity contribution in [3.8, 4) is 10.7 Å². The fourth-order valence-corrected chi connectivity index (χ4v) is 3.22. The zero-order valence-corrected chi connectivity index (χ0v) is 12.9. The van der Waals surface area contributed by atoms with Gasteiger partial charge < -0.3 is 5.32 Å². The highest BCUT2D eigenvalue weighted by Crippen LogP contribution is 2.20. The molecule has 1 atom stereocenters. The second kappa shape index (κ2) is 6.15. The topological polar surface area (TPSA) is 72.7 Å². The number of nitrogens with zero attached hydrogens (tertiary/aromatic N) is 4. The number of aromatic nitrogens is 4. The van der Waals surface area contributed by atoms with Gasteiger partial charge in [0.05, 0.1) is 10.9 Å². The molecule has 1 N–H and O–H groups in total. The number of amides is 1. The second-order valence-electron chi connectivity index (χ2n) is 4.43. The molecular weight excluding hydrogens is 306 g/mol. The molecule has 3 rings (SSSR count). The first-order valence-corrected chi connectivity index (χ1v) is 8.13. The Morgan fingerprint density at radius 3 is 2.86 bits per heavy atom. The van der Waals surface area contributed by atoms with Gasteiger partial charge in [0.25, 0.3) is 0 Å². The molecule has 0 spiro atoms. The first-order valence-electron chi connectivity index (χ1n) is 6.37. The molecule has 0 aliphatic heterocycles. The normalized spacial score (nSPS) is 12.2. The first-order chi connectivity index (χ1) is 10.2. The quantitative estimate of drug-likeness (QED) is 0.783. The van der Waals surface area contributed by atoms with Crippen molar-refractivity contribution in [1.29, 1.82) is 0 Å². The molecule has 0 bridgehead atoms. The van der Waals surface area contributed by atoms with Crippen LogP contribution in [0.2, 0.25) is 0 Å². The molecule has 1 unspecified atom stereocenters. The van der Waals surface area contributed by atoms with Gasteiger partial charge in [-0.15, -0.1) is 32.9 Å². The Balaban J connectivity index is 1.60. The fraction of sp³-hybridized carbons (Fsp3) is 0.231. The van der Waals surface area contributed by atoms with E-state index in [-0.39, 0.29) is 18.5 Å². The fourth-order valence-electron chi connectivity index (χ4n) is 1.84. The minimum Gasteiger partial charge on any atom is -0.347 e. The lowest BCUT2D eigenvalue weighted by molar-refractivity contribution is -0.122. The Morgan fingerprint density at radius 2 is 2.14 bits per heavy atom. The number of nitrogens with one attached hydrogen (secondary N) is 1. The molecule has 0 saturated heterocycles. The van der Waals surface area contributed by atoms with Crippen molar-refractivity contribution in [2.75, 3.05) is 0 Å². The lowest BCUT2D eigenvalue weighted by Crippen LogP contribution is -2.30. The second-order valence-corrected chi connectivity index (χ2v) is 6.35. The number of carbonyl (C=O) groups is 1. The summed E-state index contributed by atoms with van der Waals surface area (Å²) in [7, 11) is 0. The summed E-state index contributed by atoms with van der Waals surface area (Å²) in [5.74, 6) is 0.412. The van der Waals surface area contributed by atoms with Crippen LogP contribution in [0.5, 0.6) is 0 Å². The molecule has 108 valence electrons. The molecule has 1 amide bonds. The van der Waals surface area contributed by atoms with E-state index in [2.05, 4.69) is 20.7 Å². The summed E-state index contributed by atoms with van der Waals surface area (Å²) in [6, 6.07) is 7.80.